The molecule has 1 aromatic rings. The van der Waals surface area contributed by atoms with Crippen molar-refractivity contribution in [1.82, 2.24) is 5.32 Å². The van der Waals surface area contributed by atoms with Crippen molar-refractivity contribution in [2.45, 2.75) is 26.3 Å². The number of rotatable bonds is 6. The second kappa shape index (κ2) is 7.00. The molecule has 0 aliphatic rings. The number of hydrogen-bond acceptors (Lipinski definition) is 2. The molecule has 1 aromatic carbocycles. The van der Waals surface area contributed by atoms with Gasteiger partial charge in [0.15, 0.2) is 0 Å². The summed E-state index contributed by atoms with van der Waals surface area (Å²) in [4.78, 5) is 0. The highest BCUT2D eigenvalue weighted by Gasteiger charge is 2.00. The largest absolute Gasteiger partial charge is 0.492 e. The van der Waals surface area contributed by atoms with E-state index in [9.17, 15) is 0 Å². The highest BCUT2D eigenvalue weighted by molar-refractivity contribution is 6.42. The van der Waals surface area contributed by atoms with E-state index in [1.165, 1.54) is 0 Å². The van der Waals surface area contributed by atoms with E-state index in [4.69, 9.17) is 27.9 Å². The van der Waals surface area contributed by atoms with Crippen molar-refractivity contribution < 1.29 is 4.74 Å². The maximum Gasteiger partial charge on any atom is 0.120 e. The van der Waals surface area contributed by atoms with Crippen LogP contribution in [0.15, 0.2) is 18.2 Å². The normalized spacial score (nSPS) is 12.5. The second-order valence-corrected chi connectivity index (χ2v) is 4.50. The molecule has 0 saturated heterocycles. The predicted molar refractivity (Wildman–Crippen MR) is 69.7 cm³/mol. The van der Waals surface area contributed by atoms with E-state index in [0.29, 0.717) is 22.7 Å². The van der Waals surface area contributed by atoms with Gasteiger partial charge >= 0.3 is 0 Å². The Morgan fingerprint density at radius 2 is 2.06 bits per heavy atom. The molecule has 16 heavy (non-hydrogen) atoms. The summed E-state index contributed by atoms with van der Waals surface area (Å²) in [6.45, 7) is 5.76. The summed E-state index contributed by atoms with van der Waals surface area (Å²) in [5.41, 5.74) is 0. The van der Waals surface area contributed by atoms with Crippen LogP contribution in [-0.4, -0.2) is 19.2 Å². The quantitative estimate of drug-likeness (QED) is 0.788. The Labute approximate surface area is 107 Å². The van der Waals surface area contributed by atoms with Crippen molar-refractivity contribution in [3.63, 3.8) is 0 Å². The second-order valence-electron chi connectivity index (χ2n) is 3.69. The van der Waals surface area contributed by atoms with Gasteiger partial charge in [0.1, 0.15) is 12.4 Å². The molecule has 0 bridgehead atoms. The molecule has 0 amide bonds. The van der Waals surface area contributed by atoms with Crippen molar-refractivity contribution in [2.24, 2.45) is 0 Å². The lowest BCUT2D eigenvalue weighted by atomic mass is 10.3. The van der Waals surface area contributed by atoms with Gasteiger partial charge in [-0.2, -0.15) is 0 Å². The Hall–Kier alpha value is -0.440. The van der Waals surface area contributed by atoms with Gasteiger partial charge in [-0.3, -0.25) is 0 Å². The van der Waals surface area contributed by atoms with Crippen LogP contribution in [0.4, 0.5) is 0 Å². The third-order valence-electron chi connectivity index (χ3n) is 2.37. The third kappa shape index (κ3) is 4.60. The topological polar surface area (TPSA) is 21.3 Å². The summed E-state index contributed by atoms with van der Waals surface area (Å²) < 4.78 is 5.53. The van der Waals surface area contributed by atoms with E-state index >= 15 is 0 Å². The molecule has 0 fully saturated rings. The van der Waals surface area contributed by atoms with Crippen LogP contribution < -0.4 is 10.1 Å². The van der Waals surface area contributed by atoms with Gasteiger partial charge in [0.2, 0.25) is 0 Å². The average Bonchev–Trinajstić information content (AvgIpc) is 2.28. The van der Waals surface area contributed by atoms with E-state index in [-0.39, 0.29) is 0 Å². The molecule has 0 radical (unpaired) electrons. The lowest BCUT2D eigenvalue weighted by molar-refractivity contribution is 0.306. The van der Waals surface area contributed by atoms with E-state index in [1.807, 2.05) is 6.07 Å². The molecule has 1 atom stereocenters. The number of halogens is 2. The Bertz CT molecular complexity index is 331. The Kier molecular flexibility index (Phi) is 5.96. The molecule has 0 aliphatic heterocycles. The van der Waals surface area contributed by atoms with E-state index in [1.54, 1.807) is 12.1 Å². The van der Waals surface area contributed by atoms with E-state index in [0.717, 1.165) is 18.7 Å². The van der Waals surface area contributed by atoms with Gasteiger partial charge in [-0.15, -0.1) is 0 Å². The highest BCUT2D eigenvalue weighted by atomic mass is 35.5. The van der Waals surface area contributed by atoms with Crippen molar-refractivity contribution in [3.8, 4) is 5.75 Å². The fourth-order valence-electron chi connectivity index (χ4n) is 1.19. The molecule has 0 aliphatic carbocycles. The van der Waals surface area contributed by atoms with Crippen LogP contribution in [0.5, 0.6) is 5.75 Å². The predicted octanol–water partition coefficient (Wildman–Crippen LogP) is 3.76. The Morgan fingerprint density at radius 1 is 1.31 bits per heavy atom. The minimum Gasteiger partial charge on any atom is -0.492 e. The van der Waals surface area contributed by atoms with Gasteiger partial charge in [-0.25, -0.2) is 0 Å². The summed E-state index contributed by atoms with van der Waals surface area (Å²) in [7, 11) is 0. The van der Waals surface area contributed by atoms with Crippen molar-refractivity contribution in [2.75, 3.05) is 13.2 Å². The van der Waals surface area contributed by atoms with Crippen LogP contribution in [0, 0.1) is 0 Å². The molecule has 2 nitrogen and oxygen atoms in total. The molecule has 0 heterocycles. The van der Waals surface area contributed by atoms with E-state index in [2.05, 4.69) is 19.2 Å². The smallest absolute Gasteiger partial charge is 0.120 e. The maximum atomic E-state index is 5.87. The van der Waals surface area contributed by atoms with Gasteiger partial charge in [0.25, 0.3) is 0 Å². The minimum absolute atomic E-state index is 0.522. The van der Waals surface area contributed by atoms with Crippen LogP contribution in [0.2, 0.25) is 10.0 Å². The maximum absolute atomic E-state index is 5.87. The lowest BCUT2D eigenvalue weighted by Crippen LogP contribution is -2.29. The van der Waals surface area contributed by atoms with Gasteiger partial charge < -0.3 is 10.1 Å². The Balaban J connectivity index is 2.29. The van der Waals surface area contributed by atoms with Crippen LogP contribution in [0.3, 0.4) is 0 Å². The molecule has 0 spiro atoms. The summed E-state index contributed by atoms with van der Waals surface area (Å²) in [6.07, 6.45) is 1.12. The van der Waals surface area contributed by atoms with Crippen LogP contribution >= 0.6 is 23.2 Å². The summed E-state index contributed by atoms with van der Waals surface area (Å²) in [5.74, 6) is 0.750. The SMILES string of the molecule is CC[C@@H](C)NCCOc1ccc(Cl)c(Cl)c1. The van der Waals surface area contributed by atoms with Gasteiger partial charge in [0, 0.05) is 18.7 Å². The first-order valence-electron chi connectivity index (χ1n) is 5.44. The van der Waals surface area contributed by atoms with Gasteiger partial charge in [-0.05, 0) is 25.5 Å². The molecule has 1 N–H and O–H groups in total. The van der Waals surface area contributed by atoms with Gasteiger partial charge in [0.05, 0.1) is 10.0 Å². The highest BCUT2D eigenvalue weighted by Crippen LogP contribution is 2.26. The van der Waals surface area contributed by atoms with Crippen molar-refractivity contribution in [1.29, 1.82) is 0 Å². The molecular weight excluding hydrogens is 245 g/mol. The number of nitrogens with one attached hydrogen (secondary N) is 1. The third-order valence-corrected chi connectivity index (χ3v) is 3.11. The van der Waals surface area contributed by atoms with Crippen molar-refractivity contribution in [3.05, 3.63) is 28.2 Å². The molecule has 4 heteroatoms. The fourth-order valence-corrected chi connectivity index (χ4v) is 1.47. The molecule has 0 aromatic heterocycles. The molecule has 0 saturated carbocycles. The first-order valence-corrected chi connectivity index (χ1v) is 6.20. The van der Waals surface area contributed by atoms with E-state index < -0.39 is 0 Å². The van der Waals surface area contributed by atoms with Crippen LogP contribution in [0.1, 0.15) is 20.3 Å². The zero-order chi connectivity index (χ0) is 12.0. The first-order chi connectivity index (χ1) is 7.63. The fraction of sp³-hybridized carbons (Fsp3) is 0.500. The minimum atomic E-state index is 0.522. The van der Waals surface area contributed by atoms with Gasteiger partial charge in [-0.1, -0.05) is 30.1 Å². The number of ether oxygens (including phenoxy) is 1. The summed E-state index contributed by atoms with van der Waals surface area (Å²) in [6, 6.07) is 5.81. The zero-order valence-corrected chi connectivity index (χ0v) is 11.1. The lowest BCUT2D eigenvalue weighted by Gasteiger charge is -2.12. The number of benzene rings is 1. The molecule has 1 rings (SSSR count). The molecule has 90 valence electrons. The molecular formula is C12H17Cl2NO. The van der Waals surface area contributed by atoms with Crippen molar-refractivity contribution >= 4 is 23.2 Å². The van der Waals surface area contributed by atoms with Crippen LogP contribution in [0.25, 0.3) is 0 Å². The number of hydrogen-bond donors (Lipinski definition) is 1. The zero-order valence-electron chi connectivity index (χ0n) is 9.59. The Morgan fingerprint density at radius 3 is 2.69 bits per heavy atom. The standard InChI is InChI=1S/C12H17Cl2NO/c1-3-9(2)15-6-7-16-10-4-5-11(13)12(14)8-10/h4-5,8-9,15H,3,6-7H2,1-2H3/t9-/m1/s1. The summed E-state index contributed by atoms with van der Waals surface area (Å²) >= 11 is 11.7. The monoisotopic (exact) mass is 261 g/mol. The van der Waals surface area contributed by atoms with Crippen LogP contribution in [-0.2, 0) is 0 Å². The average molecular weight is 262 g/mol. The molecule has 0 unspecified atom stereocenters. The summed E-state index contributed by atoms with van der Waals surface area (Å²) in [5, 5.41) is 4.41. The first kappa shape index (κ1) is 13.6.